The number of carbonyl (C=O) groups excluding carboxylic acids is 1. The van der Waals surface area contributed by atoms with Crippen molar-refractivity contribution in [1.29, 1.82) is 0 Å². The minimum atomic E-state index is -0.931. The average molecular weight is 428 g/mol. The minimum Gasteiger partial charge on any atom is -0.480 e. The molecule has 2 N–H and O–H groups in total. The number of allylic oxidation sites excluding steroid dienone is 2. The van der Waals surface area contributed by atoms with Gasteiger partial charge in [-0.05, 0) is 50.0 Å². The van der Waals surface area contributed by atoms with Crippen molar-refractivity contribution in [2.45, 2.75) is 116 Å². The maximum atomic E-state index is 11.9. The summed E-state index contributed by atoms with van der Waals surface area (Å²) in [6, 6.07) is -0.746. The van der Waals surface area contributed by atoms with Crippen LogP contribution in [0.25, 0.3) is 0 Å². The summed E-state index contributed by atoms with van der Waals surface area (Å²) in [6.45, 7) is 4.30. The van der Waals surface area contributed by atoms with E-state index in [9.17, 15) is 14.7 Å². The summed E-state index contributed by atoms with van der Waals surface area (Å²) in [5.41, 5.74) is 0. The zero-order valence-corrected chi connectivity index (χ0v) is 19.7. The van der Waals surface area contributed by atoms with E-state index in [4.69, 9.17) is 0 Å². The number of carbonyl (C=O) groups is 2. The average Bonchev–Trinajstić information content (AvgIpc) is 2.70. The molecule has 0 aliphatic rings. The van der Waals surface area contributed by atoms with Gasteiger partial charge < -0.3 is 10.4 Å². The largest absolute Gasteiger partial charge is 0.480 e. The van der Waals surface area contributed by atoms with Crippen LogP contribution in [-0.4, -0.2) is 34.5 Å². The fraction of sp³-hybridized carbons (Fsp3) is 0.833. The first-order valence-corrected chi connectivity index (χ1v) is 13.0. The summed E-state index contributed by atoms with van der Waals surface area (Å²) in [7, 11) is 0. The van der Waals surface area contributed by atoms with E-state index in [1.165, 1.54) is 57.8 Å². The van der Waals surface area contributed by atoms with Gasteiger partial charge in [-0.25, -0.2) is 4.79 Å². The molecule has 29 heavy (non-hydrogen) atoms. The summed E-state index contributed by atoms with van der Waals surface area (Å²) < 4.78 is 0. The van der Waals surface area contributed by atoms with Crippen LogP contribution in [0.5, 0.6) is 0 Å². The van der Waals surface area contributed by atoms with Gasteiger partial charge in [-0.2, -0.15) is 11.8 Å². The Morgan fingerprint density at radius 1 is 0.862 bits per heavy atom. The second-order valence-electron chi connectivity index (χ2n) is 7.78. The first-order valence-electron chi connectivity index (χ1n) is 11.9. The van der Waals surface area contributed by atoms with Gasteiger partial charge in [0.1, 0.15) is 6.04 Å². The van der Waals surface area contributed by atoms with E-state index in [-0.39, 0.29) is 5.91 Å². The Bertz CT molecular complexity index is 426. The lowest BCUT2D eigenvalue weighted by Gasteiger charge is -2.14. The lowest BCUT2D eigenvalue weighted by atomic mass is 10.1. The monoisotopic (exact) mass is 427 g/mol. The van der Waals surface area contributed by atoms with Gasteiger partial charge in [0.05, 0.1) is 0 Å². The Morgan fingerprint density at radius 2 is 1.41 bits per heavy atom. The highest BCUT2D eigenvalue weighted by molar-refractivity contribution is 7.99. The summed E-state index contributed by atoms with van der Waals surface area (Å²) in [6.07, 6.45) is 21.6. The van der Waals surface area contributed by atoms with Gasteiger partial charge in [0.15, 0.2) is 0 Å². The predicted octanol–water partition coefficient (Wildman–Crippen LogP) is 6.74. The topological polar surface area (TPSA) is 66.4 Å². The smallest absolute Gasteiger partial charge is 0.326 e. The van der Waals surface area contributed by atoms with Gasteiger partial charge in [-0.3, -0.25) is 4.79 Å². The third kappa shape index (κ3) is 20.1. The van der Waals surface area contributed by atoms with Crippen LogP contribution in [0.4, 0.5) is 0 Å². The number of carboxylic acid groups (broad SMARTS) is 1. The van der Waals surface area contributed by atoms with Gasteiger partial charge >= 0.3 is 5.97 Å². The van der Waals surface area contributed by atoms with Crippen LogP contribution in [0.3, 0.4) is 0 Å². The fourth-order valence-corrected chi connectivity index (χ4v) is 3.92. The Balaban J connectivity index is 3.51. The number of hydrogen-bond donors (Lipinski definition) is 2. The van der Waals surface area contributed by atoms with E-state index < -0.39 is 12.0 Å². The van der Waals surface area contributed by atoms with E-state index in [0.717, 1.165) is 37.2 Å². The molecule has 0 bridgehead atoms. The number of hydrogen-bond acceptors (Lipinski definition) is 3. The van der Waals surface area contributed by atoms with Crippen molar-refractivity contribution in [3.63, 3.8) is 0 Å². The second kappa shape index (κ2) is 21.7. The van der Waals surface area contributed by atoms with E-state index in [1.54, 1.807) is 11.8 Å². The number of carboxylic acids is 1. The summed E-state index contributed by atoms with van der Waals surface area (Å²) in [5, 5.41) is 11.9. The molecule has 0 aromatic carbocycles. The van der Waals surface area contributed by atoms with Crippen molar-refractivity contribution in [1.82, 2.24) is 5.32 Å². The van der Waals surface area contributed by atoms with Crippen LogP contribution in [0.2, 0.25) is 0 Å². The number of thioether (sulfide) groups is 1. The molecule has 4 nitrogen and oxygen atoms in total. The Kier molecular flexibility index (Phi) is 21.0. The van der Waals surface area contributed by atoms with Crippen LogP contribution >= 0.6 is 11.8 Å². The van der Waals surface area contributed by atoms with Crippen molar-refractivity contribution in [3.8, 4) is 0 Å². The van der Waals surface area contributed by atoms with E-state index in [2.05, 4.69) is 24.4 Å². The van der Waals surface area contributed by atoms with Crippen LogP contribution in [0.15, 0.2) is 12.2 Å². The van der Waals surface area contributed by atoms with E-state index in [1.807, 2.05) is 6.92 Å². The molecule has 0 aromatic rings. The molecule has 0 aromatic heterocycles. The zero-order chi connectivity index (χ0) is 21.6. The van der Waals surface area contributed by atoms with Crippen molar-refractivity contribution < 1.29 is 14.7 Å². The van der Waals surface area contributed by atoms with Gasteiger partial charge in [0, 0.05) is 6.42 Å². The van der Waals surface area contributed by atoms with Gasteiger partial charge in [0.25, 0.3) is 0 Å². The molecule has 0 spiro atoms. The summed E-state index contributed by atoms with van der Waals surface area (Å²) in [4.78, 5) is 23.1. The molecule has 5 heteroatoms. The second-order valence-corrected chi connectivity index (χ2v) is 9.17. The maximum Gasteiger partial charge on any atom is 0.326 e. The lowest BCUT2D eigenvalue weighted by molar-refractivity contribution is -0.141. The van der Waals surface area contributed by atoms with Crippen molar-refractivity contribution >= 4 is 23.6 Å². The molecule has 1 atom stereocenters. The lowest BCUT2D eigenvalue weighted by Crippen LogP contribution is -2.41. The molecule has 0 saturated carbocycles. The first-order chi connectivity index (χ1) is 14.1. The molecule has 0 unspecified atom stereocenters. The first kappa shape index (κ1) is 28.0. The molecule has 0 rings (SSSR count). The van der Waals surface area contributed by atoms with Crippen molar-refractivity contribution in [3.05, 3.63) is 12.2 Å². The molecule has 0 heterocycles. The third-order valence-corrected chi connectivity index (χ3v) is 5.99. The molecule has 0 aliphatic carbocycles. The Labute approximate surface area is 183 Å². The minimum absolute atomic E-state index is 0.128. The number of aliphatic carboxylic acids is 1. The Morgan fingerprint density at radius 3 is 1.97 bits per heavy atom. The number of unbranched alkanes of at least 4 members (excludes halogenated alkanes) is 11. The van der Waals surface area contributed by atoms with Crippen LogP contribution in [0.1, 0.15) is 110 Å². The van der Waals surface area contributed by atoms with Gasteiger partial charge in [-0.15, -0.1) is 0 Å². The van der Waals surface area contributed by atoms with Crippen molar-refractivity contribution in [2.24, 2.45) is 0 Å². The summed E-state index contributed by atoms with van der Waals surface area (Å²) in [5.74, 6) is 0.673. The van der Waals surface area contributed by atoms with Crippen LogP contribution in [0, 0.1) is 0 Å². The number of nitrogens with one attached hydrogen (secondary N) is 1. The molecule has 0 saturated heterocycles. The highest BCUT2D eigenvalue weighted by Crippen LogP contribution is 2.10. The molecular weight excluding hydrogens is 382 g/mol. The molecular formula is C24H45NO3S. The predicted molar refractivity (Wildman–Crippen MR) is 127 cm³/mol. The number of rotatable bonds is 21. The van der Waals surface area contributed by atoms with E-state index >= 15 is 0 Å². The molecule has 0 radical (unpaired) electrons. The number of amides is 1. The van der Waals surface area contributed by atoms with Crippen LogP contribution < -0.4 is 5.32 Å². The standard InChI is InChI=1S/C24H45NO3S/c1-3-5-6-7-8-9-10-11-12-13-14-15-16-17-18-19-23(26)25-22(24(27)28)20-21-29-4-2/h11-12,22H,3-10,13-21H2,1-2H3,(H,25,26)(H,27,28)/t22-/m0/s1. The quantitative estimate of drug-likeness (QED) is 0.157. The zero-order valence-electron chi connectivity index (χ0n) is 18.9. The fourth-order valence-electron chi connectivity index (χ4n) is 3.23. The highest BCUT2D eigenvalue weighted by atomic mass is 32.2. The van der Waals surface area contributed by atoms with E-state index in [0.29, 0.717) is 12.8 Å². The molecule has 1 amide bonds. The molecule has 170 valence electrons. The molecule has 0 fully saturated rings. The molecule has 0 aliphatic heterocycles. The highest BCUT2D eigenvalue weighted by Gasteiger charge is 2.18. The normalized spacial score (nSPS) is 12.3. The Hall–Kier alpha value is -0.970. The van der Waals surface area contributed by atoms with Gasteiger partial charge in [0.2, 0.25) is 5.91 Å². The third-order valence-electron chi connectivity index (χ3n) is 5.05. The SMILES string of the molecule is CCCCCCCCC=CCCCCCCCC(=O)N[C@@H](CCSCC)C(=O)O. The summed E-state index contributed by atoms with van der Waals surface area (Å²) >= 11 is 1.70. The van der Waals surface area contributed by atoms with Crippen molar-refractivity contribution in [2.75, 3.05) is 11.5 Å². The van der Waals surface area contributed by atoms with Gasteiger partial charge in [-0.1, -0.05) is 77.4 Å². The maximum absolute atomic E-state index is 11.9. The van der Waals surface area contributed by atoms with Crippen LogP contribution in [-0.2, 0) is 9.59 Å².